The second-order valence-electron chi connectivity index (χ2n) is 6.61. The summed E-state index contributed by atoms with van der Waals surface area (Å²) in [5.41, 5.74) is 1.53. The molecule has 0 unspecified atom stereocenters. The van der Waals surface area contributed by atoms with Crippen LogP contribution in [-0.2, 0) is 4.79 Å². The van der Waals surface area contributed by atoms with Crippen molar-refractivity contribution in [3.05, 3.63) is 48.9 Å². The minimum absolute atomic E-state index is 0.00490. The van der Waals surface area contributed by atoms with Crippen LogP contribution in [0.2, 0.25) is 0 Å². The van der Waals surface area contributed by atoms with E-state index in [-0.39, 0.29) is 11.8 Å². The normalized spacial score (nSPS) is 16.9. The van der Waals surface area contributed by atoms with Gasteiger partial charge >= 0.3 is 0 Å². The number of nitrogens with zero attached hydrogens (tertiary/aromatic N) is 4. The van der Waals surface area contributed by atoms with Crippen LogP contribution in [0.4, 0.5) is 11.6 Å². The first-order valence-electron chi connectivity index (χ1n) is 8.99. The van der Waals surface area contributed by atoms with Crippen molar-refractivity contribution in [3.63, 3.8) is 0 Å². The molecular weight excluding hydrogens is 342 g/mol. The third kappa shape index (κ3) is 3.81. The van der Waals surface area contributed by atoms with Gasteiger partial charge in [-0.25, -0.2) is 9.97 Å². The molecule has 4 rings (SSSR count). The monoisotopic (exact) mass is 363 g/mol. The number of anilines is 2. The van der Waals surface area contributed by atoms with Gasteiger partial charge in [-0.2, -0.15) is 0 Å². The number of rotatable bonds is 4. The fourth-order valence-electron chi connectivity index (χ4n) is 3.37. The molecule has 2 aromatic heterocycles. The number of hydrogen-bond donors (Lipinski definition) is 1. The zero-order chi connectivity index (χ0) is 18.6. The summed E-state index contributed by atoms with van der Waals surface area (Å²) in [4.78, 5) is 27.8. The summed E-state index contributed by atoms with van der Waals surface area (Å²) in [5, 5.41) is 3.96. The van der Waals surface area contributed by atoms with Crippen LogP contribution < -0.4 is 15.0 Å². The molecule has 3 heterocycles. The van der Waals surface area contributed by atoms with Crippen LogP contribution in [0.3, 0.4) is 0 Å². The Labute approximate surface area is 157 Å². The van der Waals surface area contributed by atoms with E-state index in [1.54, 1.807) is 31.8 Å². The van der Waals surface area contributed by atoms with E-state index >= 15 is 0 Å². The summed E-state index contributed by atoms with van der Waals surface area (Å²) < 4.78 is 5.22. The SMILES string of the molecule is COc1ccc2cc(NC(=O)[C@@H]3CCCN(c4ncccn4)C3)cnc2c1. The van der Waals surface area contributed by atoms with Gasteiger partial charge in [-0.3, -0.25) is 9.78 Å². The van der Waals surface area contributed by atoms with Crippen LogP contribution in [0, 0.1) is 5.92 Å². The molecule has 7 heteroatoms. The first kappa shape index (κ1) is 17.2. The summed E-state index contributed by atoms with van der Waals surface area (Å²) in [5.74, 6) is 1.34. The fourth-order valence-corrected chi connectivity index (χ4v) is 3.37. The minimum atomic E-state index is -0.103. The molecule has 0 aliphatic carbocycles. The molecule has 1 N–H and O–H groups in total. The molecule has 138 valence electrons. The van der Waals surface area contributed by atoms with Crippen LogP contribution in [0.25, 0.3) is 10.9 Å². The minimum Gasteiger partial charge on any atom is -0.497 e. The molecule has 7 nitrogen and oxygen atoms in total. The van der Waals surface area contributed by atoms with Crippen molar-refractivity contribution in [1.82, 2.24) is 15.0 Å². The third-order valence-corrected chi connectivity index (χ3v) is 4.79. The van der Waals surface area contributed by atoms with Gasteiger partial charge in [0.1, 0.15) is 5.75 Å². The second-order valence-corrected chi connectivity index (χ2v) is 6.61. The first-order chi connectivity index (χ1) is 13.2. The van der Waals surface area contributed by atoms with Crippen LogP contribution >= 0.6 is 0 Å². The van der Waals surface area contributed by atoms with Gasteiger partial charge < -0.3 is 15.0 Å². The Hall–Kier alpha value is -3.22. The molecule has 27 heavy (non-hydrogen) atoms. The van der Waals surface area contributed by atoms with E-state index in [2.05, 4.69) is 25.2 Å². The molecule has 0 spiro atoms. The first-order valence-corrected chi connectivity index (χ1v) is 8.99. The van der Waals surface area contributed by atoms with E-state index in [4.69, 9.17) is 4.74 Å². The van der Waals surface area contributed by atoms with Gasteiger partial charge in [-0.1, -0.05) is 0 Å². The molecule has 0 saturated carbocycles. The number of amides is 1. The number of carbonyl (C=O) groups excluding carboxylic acids is 1. The van der Waals surface area contributed by atoms with Gasteiger partial charge in [-0.15, -0.1) is 0 Å². The maximum Gasteiger partial charge on any atom is 0.229 e. The van der Waals surface area contributed by atoms with E-state index in [9.17, 15) is 4.79 Å². The van der Waals surface area contributed by atoms with Crippen molar-refractivity contribution in [1.29, 1.82) is 0 Å². The zero-order valence-electron chi connectivity index (χ0n) is 15.1. The molecule has 0 radical (unpaired) electrons. The van der Waals surface area contributed by atoms with Crippen molar-refractivity contribution in [2.45, 2.75) is 12.8 Å². The quantitative estimate of drug-likeness (QED) is 0.768. The number of pyridine rings is 1. The van der Waals surface area contributed by atoms with E-state index in [1.165, 1.54) is 0 Å². The highest BCUT2D eigenvalue weighted by molar-refractivity contribution is 5.95. The summed E-state index contributed by atoms with van der Waals surface area (Å²) in [6, 6.07) is 9.42. The smallest absolute Gasteiger partial charge is 0.229 e. The molecule has 1 aliphatic heterocycles. The van der Waals surface area contributed by atoms with Crippen LogP contribution in [-0.4, -0.2) is 41.1 Å². The van der Waals surface area contributed by atoms with E-state index in [0.29, 0.717) is 18.2 Å². The maximum absolute atomic E-state index is 12.8. The highest BCUT2D eigenvalue weighted by Gasteiger charge is 2.27. The number of ether oxygens (including phenoxy) is 1. The molecule has 0 bridgehead atoms. The van der Waals surface area contributed by atoms with Gasteiger partial charge in [0.2, 0.25) is 11.9 Å². The predicted molar refractivity (Wildman–Crippen MR) is 104 cm³/mol. The summed E-state index contributed by atoms with van der Waals surface area (Å²) in [7, 11) is 1.63. The number of benzene rings is 1. The van der Waals surface area contributed by atoms with Crippen molar-refractivity contribution < 1.29 is 9.53 Å². The number of aromatic nitrogens is 3. The molecule has 3 aromatic rings. The standard InChI is InChI=1S/C20H21N5O2/c1-27-17-6-5-14-10-16(12-23-18(14)11-17)24-19(26)15-4-2-9-25(13-15)20-21-7-3-8-22-20/h3,5-8,10-12,15H,2,4,9,13H2,1H3,(H,24,26)/t15-/m1/s1. The topological polar surface area (TPSA) is 80.2 Å². The molecule has 1 aromatic carbocycles. The lowest BCUT2D eigenvalue weighted by atomic mass is 9.97. The number of hydrogen-bond acceptors (Lipinski definition) is 6. The molecule has 1 aliphatic rings. The lowest BCUT2D eigenvalue weighted by Gasteiger charge is -2.31. The highest BCUT2D eigenvalue weighted by Crippen LogP contribution is 2.24. The van der Waals surface area contributed by atoms with Crippen molar-refractivity contribution in [2.24, 2.45) is 5.92 Å². The number of carbonyl (C=O) groups is 1. The summed E-state index contributed by atoms with van der Waals surface area (Å²) >= 11 is 0. The van der Waals surface area contributed by atoms with Crippen molar-refractivity contribution in [2.75, 3.05) is 30.4 Å². The van der Waals surface area contributed by atoms with Crippen LogP contribution in [0.5, 0.6) is 5.75 Å². The molecule has 1 saturated heterocycles. The fraction of sp³-hybridized carbons (Fsp3) is 0.300. The number of methoxy groups -OCH3 is 1. The van der Waals surface area contributed by atoms with Crippen molar-refractivity contribution >= 4 is 28.4 Å². The summed E-state index contributed by atoms with van der Waals surface area (Å²) in [6.07, 6.45) is 6.92. The highest BCUT2D eigenvalue weighted by atomic mass is 16.5. The van der Waals surface area contributed by atoms with Gasteiger partial charge in [0.15, 0.2) is 0 Å². The van der Waals surface area contributed by atoms with Crippen molar-refractivity contribution in [3.8, 4) is 5.75 Å². The third-order valence-electron chi connectivity index (χ3n) is 4.79. The maximum atomic E-state index is 12.8. The molecular formula is C20H21N5O2. The Morgan fingerprint density at radius 2 is 2.07 bits per heavy atom. The van der Waals surface area contributed by atoms with Gasteiger partial charge in [-0.05, 0) is 37.1 Å². The molecule has 1 fully saturated rings. The number of fused-ring (bicyclic) bond motifs is 1. The van der Waals surface area contributed by atoms with Gasteiger partial charge in [0.25, 0.3) is 0 Å². The Kier molecular flexibility index (Phi) is 4.82. The lowest BCUT2D eigenvalue weighted by molar-refractivity contribution is -0.120. The van der Waals surface area contributed by atoms with Gasteiger partial charge in [0, 0.05) is 36.9 Å². The lowest BCUT2D eigenvalue weighted by Crippen LogP contribution is -2.41. The Morgan fingerprint density at radius 1 is 1.22 bits per heavy atom. The largest absolute Gasteiger partial charge is 0.497 e. The average Bonchev–Trinajstić information content (AvgIpc) is 2.74. The van der Waals surface area contributed by atoms with Crippen LogP contribution in [0.15, 0.2) is 48.9 Å². The van der Waals surface area contributed by atoms with Gasteiger partial charge in [0.05, 0.1) is 30.4 Å². The number of piperidine rings is 1. The van der Waals surface area contributed by atoms with E-state index in [0.717, 1.165) is 36.0 Å². The predicted octanol–water partition coefficient (Wildman–Crippen LogP) is 2.89. The zero-order valence-corrected chi connectivity index (χ0v) is 15.1. The van der Waals surface area contributed by atoms with Crippen LogP contribution in [0.1, 0.15) is 12.8 Å². The van der Waals surface area contributed by atoms with E-state index in [1.807, 2.05) is 24.3 Å². The Morgan fingerprint density at radius 3 is 2.89 bits per heavy atom. The second kappa shape index (κ2) is 7.57. The molecule has 1 amide bonds. The number of nitrogens with one attached hydrogen (secondary N) is 1. The average molecular weight is 363 g/mol. The Balaban J connectivity index is 1.46. The molecule has 1 atom stereocenters. The summed E-state index contributed by atoms with van der Waals surface area (Å²) in [6.45, 7) is 1.49. The Bertz CT molecular complexity index is 948. The van der Waals surface area contributed by atoms with E-state index < -0.39 is 0 Å².